The summed E-state index contributed by atoms with van der Waals surface area (Å²) >= 11 is 17.4. The minimum atomic E-state index is 0.350. The second-order valence-electron chi connectivity index (χ2n) is 5.96. The highest BCUT2D eigenvalue weighted by atomic mass is 35.5. The number of likely N-dealkylation sites (tertiary alicyclic amines) is 1. The Labute approximate surface area is 157 Å². The van der Waals surface area contributed by atoms with Gasteiger partial charge >= 0.3 is 0 Å². The number of benzene rings is 2. The van der Waals surface area contributed by atoms with E-state index in [4.69, 9.17) is 35.4 Å². The average Bonchev–Trinajstić information content (AvgIpc) is 2.94. The van der Waals surface area contributed by atoms with Gasteiger partial charge < -0.3 is 10.6 Å². The van der Waals surface area contributed by atoms with E-state index in [1.54, 1.807) is 18.2 Å². The van der Waals surface area contributed by atoms with Gasteiger partial charge in [0.25, 0.3) is 0 Å². The zero-order valence-electron chi connectivity index (χ0n) is 13.1. The Hall–Kier alpha value is -1.33. The van der Waals surface area contributed by atoms with Crippen molar-refractivity contribution in [1.29, 1.82) is 0 Å². The van der Waals surface area contributed by atoms with Crippen LogP contribution >= 0.6 is 35.4 Å². The van der Waals surface area contributed by atoms with Gasteiger partial charge in [-0.2, -0.15) is 0 Å². The Morgan fingerprint density at radius 2 is 1.83 bits per heavy atom. The molecule has 0 spiro atoms. The first kappa shape index (κ1) is 17.5. The number of nitrogens with one attached hydrogen (secondary N) is 2. The Morgan fingerprint density at radius 3 is 2.54 bits per heavy atom. The molecule has 0 bridgehead atoms. The lowest BCUT2D eigenvalue weighted by atomic mass is 10.2. The fourth-order valence-corrected chi connectivity index (χ4v) is 3.72. The first-order valence-corrected chi connectivity index (χ1v) is 9.05. The van der Waals surface area contributed by atoms with Crippen molar-refractivity contribution in [1.82, 2.24) is 10.2 Å². The number of hydrogen-bond acceptors (Lipinski definition) is 2. The molecule has 0 amide bonds. The van der Waals surface area contributed by atoms with Crippen LogP contribution in [0.1, 0.15) is 12.0 Å². The molecule has 3 nitrogen and oxygen atoms in total. The van der Waals surface area contributed by atoms with E-state index in [0.717, 1.165) is 31.7 Å². The van der Waals surface area contributed by atoms with Crippen molar-refractivity contribution in [3.63, 3.8) is 0 Å². The summed E-state index contributed by atoms with van der Waals surface area (Å²) in [5.74, 6) is 0. The summed E-state index contributed by atoms with van der Waals surface area (Å²) in [7, 11) is 0. The van der Waals surface area contributed by atoms with Crippen LogP contribution in [0.25, 0.3) is 0 Å². The fraction of sp³-hybridized carbons (Fsp3) is 0.278. The van der Waals surface area contributed by atoms with Gasteiger partial charge in [0.15, 0.2) is 5.11 Å². The maximum absolute atomic E-state index is 6.01. The van der Waals surface area contributed by atoms with E-state index in [0.29, 0.717) is 21.2 Å². The fourth-order valence-electron chi connectivity index (χ4n) is 2.91. The minimum Gasteiger partial charge on any atom is -0.358 e. The molecule has 1 heterocycles. The summed E-state index contributed by atoms with van der Waals surface area (Å²) in [4.78, 5) is 2.44. The third-order valence-electron chi connectivity index (χ3n) is 3.98. The van der Waals surface area contributed by atoms with Gasteiger partial charge in [-0.3, -0.25) is 4.90 Å². The van der Waals surface area contributed by atoms with Gasteiger partial charge in [0.05, 0.1) is 0 Å². The number of nitrogens with zero attached hydrogens (tertiary/aromatic N) is 1. The number of halogens is 2. The normalized spacial score (nSPS) is 17.7. The summed E-state index contributed by atoms with van der Waals surface area (Å²) < 4.78 is 0. The summed E-state index contributed by atoms with van der Waals surface area (Å²) in [5, 5.41) is 8.29. The second-order valence-corrected chi connectivity index (χ2v) is 7.24. The Bertz CT molecular complexity index is 688. The summed E-state index contributed by atoms with van der Waals surface area (Å²) in [6.45, 7) is 3.02. The van der Waals surface area contributed by atoms with Gasteiger partial charge in [-0.05, 0) is 42.4 Å². The molecular weight excluding hydrogens is 361 g/mol. The second kappa shape index (κ2) is 8.17. The first-order chi connectivity index (χ1) is 11.6. The molecule has 1 aliphatic heterocycles. The molecule has 1 saturated heterocycles. The molecule has 1 aliphatic rings. The van der Waals surface area contributed by atoms with Crippen molar-refractivity contribution < 1.29 is 0 Å². The zero-order chi connectivity index (χ0) is 16.9. The van der Waals surface area contributed by atoms with E-state index in [-0.39, 0.29) is 0 Å². The molecule has 1 fully saturated rings. The van der Waals surface area contributed by atoms with Crippen molar-refractivity contribution in [2.45, 2.75) is 19.0 Å². The van der Waals surface area contributed by atoms with Gasteiger partial charge in [-0.1, -0.05) is 53.5 Å². The molecule has 3 rings (SSSR count). The monoisotopic (exact) mass is 379 g/mol. The molecule has 1 atom stereocenters. The lowest BCUT2D eigenvalue weighted by Gasteiger charge is -2.18. The zero-order valence-corrected chi connectivity index (χ0v) is 15.5. The van der Waals surface area contributed by atoms with Gasteiger partial charge in [-0.25, -0.2) is 0 Å². The lowest BCUT2D eigenvalue weighted by molar-refractivity contribution is 0.324. The van der Waals surface area contributed by atoms with E-state index < -0.39 is 0 Å². The predicted octanol–water partition coefficient (Wildman–Crippen LogP) is 4.55. The molecule has 2 aromatic rings. The highest BCUT2D eigenvalue weighted by Gasteiger charge is 2.22. The van der Waals surface area contributed by atoms with Gasteiger partial charge in [0.1, 0.15) is 0 Å². The molecule has 24 heavy (non-hydrogen) atoms. The summed E-state index contributed by atoms with van der Waals surface area (Å²) in [5.41, 5.74) is 2.14. The summed E-state index contributed by atoms with van der Waals surface area (Å²) in [6, 6.07) is 16.2. The average molecular weight is 380 g/mol. The Balaban J connectivity index is 1.49. The third kappa shape index (κ3) is 5.08. The van der Waals surface area contributed by atoms with Crippen LogP contribution in [0.4, 0.5) is 5.69 Å². The van der Waals surface area contributed by atoms with Gasteiger partial charge in [0, 0.05) is 41.4 Å². The van der Waals surface area contributed by atoms with Gasteiger partial charge in [0.2, 0.25) is 0 Å². The van der Waals surface area contributed by atoms with Crippen molar-refractivity contribution in [2.75, 3.05) is 18.4 Å². The van der Waals surface area contributed by atoms with Crippen LogP contribution in [0.15, 0.2) is 48.5 Å². The highest BCUT2D eigenvalue weighted by Crippen LogP contribution is 2.22. The molecule has 0 aliphatic carbocycles. The third-order valence-corrected chi connectivity index (χ3v) is 4.63. The Kier molecular flexibility index (Phi) is 5.95. The van der Waals surface area contributed by atoms with E-state index in [1.807, 2.05) is 6.07 Å². The van der Waals surface area contributed by atoms with E-state index in [1.165, 1.54) is 5.56 Å². The molecule has 0 aromatic heterocycles. The summed E-state index contributed by atoms with van der Waals surface area (Å²) in [6.07, 6.45) is 1.07. The predicted molar refractivity (Wildman–Crippen MR) is 106 cm³/mol. The maximum Gasteiger partial charge on any atom is 0.171 e. The van der Waals surface area contributed by atoms with E-state index >= 15 is 0 Å². The number of thiocarbonyl (C=S) groups is 1. The van der Waals surface area contributed by atoms with Crippen molar-refractivity contribution in [3.8, 4) is 0 Å². The van der Waals surface area contributed by atoms with Crippen LogP contribution in [0.2, 0.25) is 10.0 Å². The van der Waals surface area contributed by atoms with Crippen molar-refractivity contribution in [2.24, 2.45) is 0 Å². The lowest BCUT2D eigenvalue weighted by Crippen LogP contribution is -2.39. The molecule has 126 valence electrons. The van der Waals surface area contributed by atoms with Crippen LogP contribution in [0.3, 0.4) is 0 Å². The molecule has 1 unspecified atom stereocenters. The quantitative estimate of drug-likeness (QED) is 0.761. The number of anilines is 1. The van der Waals surface area contributed by atoms with Crippen LogP contribution < -0.4 is 10.6 Å². The molecule has 6 heteroatoms. The minimum absolute atomic E-state index is 0.350. The first-order valence-electron chi connectivity index (χ1n) is 7.88. The van der Waals surface area contributed by atoms with E-state index in [9.17, 15) is 0 Å². The number of rotatable bonds is 4. The van der Waals surface area contributed by atoms with Crippen molar-refractivity contribution >= 4 is 46.2 Å². The molecule has 2 N–H and O–H groups in total. The van der Waals surface area contributed by atoms with Crippen LogP contribution in [-0.2, 0) is 6.54 Å². The van der Waals surface area contributed by atoms with Crippen molar-refractivity contribution in [3.05, 3.63) is 64.1 Å². The highest BCUT2D eigenvalue weighted by molar-refractivity contribution is 7.80. The molecular formula is C18H19Cl2N3S. The van der Waals surface area contributed by atoms with Gasteiger partial charge in [-0.15, -0.1) is 0 Å². The van der Waals surface area contributed by atoms with E-state index in [2.05, 4.69) is 39.8 Å². The molecule has 0 saturated carbocycles. The van der Waals surface area contributed by atoms with Crippen LogP contribution in [0, 0.1) is 0 Å². The maximum atomic E-state index is 6.01. The topological polar surface area (TPSA) is 27.3 Å². The number of hydrogen-bond donors (Lipinski definition) is 2. The smallest absolute Gasteiger partial charge is 0.171 e. The molecule has 0 radical (unpaired) electrons. The van der Waals surface area contributed by atoms with Crippen LogP contribution in [0.5, 0.6) is 0 Å². The SMILES string of the molecule is S=C(Nc1cc(Cl)cc(Cl)c1)NC1CCN(Cc2ccccc2)C1. The largest absolute Gasteiger partial charge is 0.358 e. The van der Waals surface area contributed by atoms with Crippen LogP contribution in [-0.4, -0.2) is 29.1 Å². The Morgan fingerprint density at radius 1 is 1.12 bits per heavy atom. The molecule has 2 aromatic carbocycles. The standard InChI is InChI=1S/C18H19Cl2N3S/c19-14-8-15(20)10-17(9-14)22-18(24)21-16-6-7-23(12-16)11-13-4-2-1-3-5-13/h1-5,8-10,16H,6-7,11-12H2,(H2,21,22,24).